The number of hydrogen-bond acceptors (Lipinski definition) is 2. The quantitative estimate of drug-likeness (QED) is 0.518. The van der Waals surface area contributed by atoms with Gasteiger partial charge >= 0.3 is 0 Å². The second kappa shape index (κ2) is 8.13. The van der Waals surface area contributed by atoms with Crippen LogP contribution >= 0.6 is 0 Å². The summed E-state index contributed by atoms with van der Waals surface area (Å²) in [5.41, 5.74) is 6.50. The molecule has 3 heterocycles. The summed E-state index contributed by atoms with van der Waals surface area (Å²) in [6.45, 7) is 0. The molecule has 158 valence electrons. The van der Waals surface area contributed by atoms with Crippen molar-refractivity contribution in [1.29, 1.82) is 0 Å². The van der Waals surface area contributed by atoms with Gasteiger partial charge in [0.25, 0.3) is 0 Å². The van der Waals surface area contributed by atoms with Gasteiger partial charge in [0.05, 0.1) is 0 Å². The Hall–Kier alpha value is -2.23. The van der Waals surface area contributed by atoms with E-state index < -0.39 is 5.67 Å². The first-order valence-corrected chi connectivity index (χ1v) is 11.7. The highest BCUT2D eigenvalue weighted by atomic mass is 19.1. The van der Waals surface area contributed by atoms with Crippen molar-refractivity contribution in [3.8, 4) is 0 Å². The Labute approximate surface area is 178 Å². The number of nitrogens with zero attached hydrogens (tertiary/aromatic N) is 3. The van der Waals surface area contributed by atoms with Gasteiger partial charge in [-0.1, -0.05) is 25.3 Å². The Morgan fingerprint density at radius 1 is 1.00 bits per heavy atom. The van der Waals surface area contributed by atoms with Crippen LogP contribution < -0.4 is 0 Å². The summed E-state index contributed by atoms with van der Waals surface area (Å²) in [7, 11) is 2.16. The van der Waals surface area contributed by atoms with Gasteiger partial charge in [-0.15, -0.1) is 0 Å². The number of aryl methyl sites for hydroxylation is 3. The predicted molar refractivity (Wildman–Crippen MR) is 120 cm³/mol. The monoisotopic (exact) mass is 405 g/mol. The lowest BCUT2D eigenvalue weighted by molar-refractivity contribution is 0.0967. The lowest BCUT2D eigenvalue weighted by Gasteiger charge is -2.29. The van der Waals surface area contributed by atoms with Crippen LogP contribution in [0.1, 0.15) is 79.4 Å². The van der Waals surface area contributed by atoms with Crippen molar-refractivity contribution >= 4 is 11.0 Å². The summed E-state index contributed by atoms with van der Waals surface area (Å²) in [5, 5.41) is 1.32. The van der Waals surface area contributed by atoms with Crippen LogP contribution in [0.2, 0.25) is 0 Å². The molecule has 2 aliphatic carbocycles. The summed E-state index contributed by atoms with van der Waals surface area (Å²) in [5.74, 6) is 0. The lowest BCUT2D eigenvalue weighted by atomic mass is 9.82. The summed E-state index contributed by atoms with van der Waals surface area (Å²) in [6.07, 6.45) is 15.6. The molecule has 3 aromatic rings. The molecule has 4 heteroatoms. The Balaban J connectivity index is 1.32. The van der Waals surface area contributed by atoms with Crippen LogP contribution in [0.3, 0.4) is 0 Å². The van der Waals surface area contributed by atoms with Gasteiger partial charge in [-0.05, 0) is 80.2 Å². The molecule has 3 nitrogen and oxygen atoms in total. The topological polar surface area (TPSA) is 30.7 Å². The highest BCUT2D eigenvalue weighted by molar-refractivity contribution is 5.82. The Morgan fingerprint density at radius 2 is 1.80 bits per heavy atom. The van der Waals surface area contributed by atoms with E-state index in [1.165, 1.54) is 48.7 Å². The zero-order valence-electron chi connectivity index (χ0n) is 18.1. The molecule has 0 aliphatic heterocycles. The van der Waals surface area contributed by atoms with Crippen molar-refractivity contribution < 1.29 is 4.39 Å². The van der Waals surface area contributed by atoms with E-state index in [-0.39, 0.29) is 0 Å². The van der Waals surface area contributed by atoms with Crippen LogP contribution in [0, 0.1) is 0 Å². The molecule has 0 aromatic carbocycles. The molecule has 0 spiro atoms. The fraction of sp³-hybridized carbons (Fsp3) is 0.538. The first kappa shape index (κ1) is 19.7. The molecule has 30 heavy (non-hydrogen) atoms. The summed E-state index contributed by atoms with van der Waals surface area (Å²) in [4.78, 5) is 9.46. The minimum atomic E-state index is -0.966. The molecule has 5 rings (SSSR count). The third-order valence-electron chi connectivity index (χ3n) is 7.27. The third kappa shape index (κ3) is 3.89. The fourth-order valence-electron chi connectivity index (χ4n) is 5.54. The Morgan fingerprint density at radius 3 is 2.67 bits per heavy atom. The van der Waals surface area contributed by atoms with Gasteiger partial charge in [0, 0.05) is 42.6 Å². The summed E-state index contributed by atoms with van der Waals surface area (Å²) >= 11 is 0. The van der Waals surface area contributed by atoms with Crippen LogP contribution in [-0.2, 0) is 32.7 Å². The van der Waals surface area contributed by atoms with E-state index in [4.69, 9.17) is 4.98 Å². The Kier molecular flexibility index (Phi) is 5.34. The van der Waals surface area contributed by atoms with Gasteiger partial charge in [0.1, 0.15) is 11.3 Å². The second-order valence-electron chi connectivity index (χ2n) is 9.45. The zero-order chi connectivity index (χ0) is 20.6. The Bertz CT molecular complexity index is 1050. The standard InChI is InChI=1S/C26H32FN3/c1-30-24-8-4-3-7-22(24)23-10-9-21(29-25(23)30)16-20-15-19(17-28-18-20)11-14-26(27)12-5-2-6-13-26/h9-10,15,17-18H,2-8,11-14,16H2,1H3. The molecule has 1 fully saturated rings. The number of aromatic nitrogens is 3. The molecule has 0 unspecified atom stereocenters. The maximum atomic E-state index is 15.0. The maximum absolute atomic E-state index is 15.0. The van der Waals surface area contributed by atoms with Crippen molar-refractivity contribution in [3.05, 3.63) is 58.7 Å². The molecule has 0 N–H and O–H groups in total. The first-order valence-electron chi connectivity index (χ1n) is 11.7. The number of fused-ring (bicyclic) bond motifs is 3. The maximum Gasteiger partial charge on any atom is 0.140 e. The molecule has 0 saturated heterocycles. The molecular formula is C26H32FN3. The average Bonchev–Trinajstić information content (AvgIpc) is 3.05. The van der Waals surface area contributed by atoms with Crippen molar-refractivity contribution in [2.75, 3.05) is 0 Å². The minimum absolute atomic E-state index is 0.622. The molecule has 0 atom stereocenters. The van der Waals surface area contributed by atoms with Crippen LogP contribution in [0.25, 0.3) is 11.0 Å². The van der Waals surface area contributed by atoms with Crippen LogP contribution in [0.4, 0.5) is 4.39 Å². The molecule has 0 amide bonds. The first-order chi connectivity index (χ1) is 14.6. The molecular weight excluding hydrogens is 373 g/mol. The fourth-order valence-corrected chi connectivity index (χ4v) is 5.54. The average molecular weight is 406 g/mol. The number of rotatable bonds is 5. The normalized spacial score (nSPS) is 18.5. The SMILES string of the molecule is Cn1c2c(c3ccc(Cc4cncc(CCC5(F)CCCCC5)c4)nc31)CCCC2. The summed E-state index contributed by atoms with van der Waals surface area (Å²) in [6, 6.07) is 6.62. The zero-order valence-corrected chi connectivity index (χ0v) is 18.1. The number of hydrogen-bond donors (Lipinski definition) is 0. The number of alkyl halides is 1. The smallest absolute Gasteiger partial charge is 0.140 e. The van der Waals surface area contributed by atoms with E-state index in [0.29, 0.717) is 6.42 Å². The van der Waals surface area contributed by atoms with Gasteiger partial charge in [-0.2, -0.15) is 0 Å². The lowest BCUT2D eigenvalue weighted by Crippen LogP contribution is -2.26. The molecule has 3 aromatic heterocycles. The van der Waals surface area contributed by atoms with Crippen molar-refractivity contribution in [1.82, 2.24) is 14.5 Å². The summed E-state index contributed by atoms with van der Waals surface area (Å²) < 4.78 is 17.3. The van der Waals surface area contributed by atoms with Crippen molar-refractivity contribution in [3.63, 3.8) is 0 Å². The van der Waals surface area contributed by atoms with Crippen LogP contribution in [-0.4, -0.2) is 20.2 Å². The van der Waals surface area contributed by atoms with Crippen molar-refractivity contribution in [2.45, 2.75) is 82.7 Å². The molecule has 0 radical (unpaired) electrons. The number of pyridine rings is 2. The van der Waals surface area contributed by atoms with Crippen LogP contribution in [0.15, 0.2) is 30.6 Å². The van der Waals surface area contributed by atoms with Gasteiger partial charge in [-0.25, -0.2) is 9.37 Å². The third-order valence-corrected chi connectivity index (χ3v) is 7.27. The molecule has 1 saturated carbocycles. The highest BCUT2D eigenvalue weighted by Gasteiger charge is 2.31. The van der Waals surface area contributed by atoms with E-state index in [1.54, 1.807) is 0 Å². The highest BCUT2D eigenvalue weighted by Crippen LogP contribution is 2.35. The van der Waals surface area contributed by atoms with Gasteiger partial charge in [-0.3, -0.25) is 4.98 Å². The molecule has 0 bridgehead atoms. The predicted octanol–water partition coefficient (Wildman–Crippen LogP) is 6.04. The van der Waals surface area contributed by atoms with E-state index in [2.05, 4.69) is 34.8 Å². The van der Waals surface area contributed by atoms with Gasteiger partial charge < -0.3 is 4.57 Å². The van der Waals surface area contributed by atoms with Crippen LogP contribution in [0.5, 0.6) is 0 Å². The van der Waals surface area contributed by atoms with E-state index in [1.807, 2.05) is 12.4 Å². The van der Waals surface area contributed by atoms with Gasteiger partial charge in [0.2, 0.25) is 0 Å². The minimum Gasteiger partial charge on any atom is -0.332 e. The van der Waals surface area contributed by atoms with E-state index >= 15 is 0 Å². The number of halogens is 1. The van der Waals surface area contributed by atoms with E-state index in [9.17, 15) is 4.39 Å². The van der Waals surface area contributed by atoms with E-state index in [0.717, 1.165) is 61.0 Å². The van der Waals surface area contributed by atoms with Crippen molar-refractivity contribution in [2.24, 2.45) is 7.05 Å². The molecule has 2 aliphatic rings. The second-order valence-corrected chi connectivity index (χ2v) is 9.45. The van der Waals surface area contributed by atoms with Gasteiger partial charge in [0.15, 0.2) is 0 Å². The largest absolute Gasteiger partial charge is 0.332 e.